The highest BCUT2D eigenvalue weighted by atomic mass is 19.1. The number of likely N-dealkylation sites (N-methyl/N-ethyl adjacent to an activating group) is 1. The molecule has 1 heterocycles. The third-order valence-electron chi connectivity index (χ3n) is 4.27. The van der Waals surface area contributed by atoms with Crippen LogP contribution in [-0.4, -0.2) is 48.6 Å². The first kappa shape index (κ1) is 14.4. The quantitative estimate of drug-likeness (QED) is 0.905. The number of nitrogens with zero attached hydrogens (tertiary/aromatic N) is 2. The third kappa shape index (κ3) is 2.96. The van der Waals surface area contributed by atoms with E-state index in [2.05, 4.69) is 30.7 Å². The zero-order valence-electron chi connectivity index (χ0n) is 12.1. The van der Waals surface area contributed by atoms with Crippen molar-refractivity contribution in [3.63, 3.8) is 0 Å². The number of nitrogens with two attached hydrogens (primary N) is 1. The van der Waals surface area contributed by atoms with Gasteiger partial charge in [-0.05, 0) is 27.0 Å². The summed E-state index contributed by atoms with van der Waals surface area (Å²) in [5, 5.41) is 0. The molecule has 0 saturated carbocycles. The highest BCUT2D eigenvalue weighted by Gasteiger charge is 2.34. The first-order valence-electron chi connectivity index (χ1n) is 6.85. The van der Waals surface area contributed by atoms with E-state index < -0.39 is 0 Å². The van der Waals surface area contributed by atoms with Gasteiger partial charge >= 0.3 is 0 Å². The molecule has 0 radical (unpaired) electrons. The summed E-state index contributed by atoms with van der Waals surface area (Å²) < 4.78 is 14.0. The van der Waals surface area contributed by atoms with Crippen LogP contribution in [0.3, 0.4) is 0 Å². The number of halogens is 1. The van der Waals surface area contributed by atoms with Crippen molar-refractivity contribution in [2.45, 2.75) is 25.4 Å². The molecule has 1 unspecified atom stereocenters. The SMILES string of the molecule is CN1CCN(C(CN)c2ccccc2F)CC1(C)C. The van der Waals surface area contributed by atoms with Crippen molar-refractivity contribution < 1.29 is 4.39 Å². The van der Waals surface area contributed by atoms with Crippen molar-refractivity contribution in [1.82, 2.24) is 9.80 Å². The molecule has 1 aliphatic rings. The van der Waals surface area contributed by atoms with Gasteiger partial charge in [-0.1, -0.05) is 18.2 Å². The summed E-state index contributed by atoms with van der Waals surface area (Å²) >= 11 is 0. The number of hydrogen-bond donors (Lipinski definition) is 1. The first-order valence-corrected chi connectivity index (χ1v) is 6.85. The van der Waals surface area contributed by atoms with E-state index in [9.17, 15) is 4.39 Å². The van der Waals surface area contributed by atoms with E-state index in [-0.39, 0.29) is 17.4 Å². The molecule has 2 N–H and O–H groups in total. The highest BCUT2D eigenvalue weighted by Crippen LogP contribution is 2.28. The smallest absolute Gasteiger partial charge is 0.128 e. The van der Waals surface area contributed by atoms with Crippen LogP contribution < -0.4 is 5.73 Å². The first-order chi connectivity index (χ1) is 8.95. The summed E-state index contributed by atoms with van der Waals surface area (Å²) in [4.78, 5) is 4.65. The lowest BCUT2D eigenvalue weighted by Crippen LogP contribution is -2.58. The van der Waals surface area contributed by atoms with E-state index in [4.69, 9.17) is 5.73 Å². The van der Waals surface area contributed by atoms with Gasteiger partial charge in [0.2, 0.25) is 0 Å². The molecule has 1 atom stereocenters. The molecule has 3 nitrogen and oxygen atoms in total. The van der Waals surface area contributed by atoms with Crippen molar-refractivity contribution >= 4 is 0 Å². The van der Waals surface area contributed by atoms with Crippen LogP contribution in [0.1, 0.15) is 25.5 Å². The van der Waals surface area contributed by atoms with Gasteiger partial charge in [-0.3, -0.25) is 9.80 Å². The predicted octanol–water partition coefficient (Wildman–Crippen LogP) is 1.85. The van der Waals surface area contributed by atoms with Gasteiger partial charge < -0.3 is 5.73 Å². The molecule has 106 valence electrons. The van der Waals surface area contributed by atoms with E-state index in [0.717, 1.165) is 19.6 Å². The zero-order valence-corrected chi connectivity index (χ0v) is 12.1. The van der Waals surface area contributed by atoms with Crippen LogP contribution in [-0.2, 0) is 0 Å². The van der Waals surface area contributed by atoms with Gasteiger partial charge in [0.25, 0.3) is 0 Å². The van der Waals surface area contributed by atoms with E-state index >= 15 is 0 Å². The fraction of sp³-hybridized carbons (Fsp3) is 0.600. The lowest BCUT2D eigenvalue weighted by molar-refractivity contribution is 0.0173. The summed E-state index contributed by atoms with van der Waals surface area (Å²) in [6.45, 7) is 7.69. The minimum Gasteiger partial charge on any atom is -0.329 e. The van der Waals surface area contributed by atoms with Crippen LogP contribution in [0.15, 0.2) is 24.3 Å². The zero-order chi connectivity index (χ0) is 14.0. The third-order valence-corrected chi connectivity index (χ3v) is 4.27. The number of rotatable bonds is 3. The van der Waals surface area contributed by atoms with Crippen LogP contribution in [0.4, 0.5) is 4.39 Å². The van der Waals surface area contributed by atoms with E-state index in [1.807, 2.05) is 12.1 Å². The molecule has 1 aliphatic heterocycles. The normalized spacial score (nSPS) is 22.4. The Labute approximate surface area is 115 Å². The Morgan fingerprint density at radius 3 is 2.58 bits per heavy atom. The fourth-order valence-corrected chi connectivity index (χ4v) is 2.76. The Morgan fingerprint density at radius 2 is 2.00 bits per heavy atom. The van der Waals surface area contributed by atoms with Crippen LogP contribution in [0.5, 0.6) is 0 Å². The molecule has 0 aromatic heterocycles. The predicted molar refractivity (Wildman–Crippen MR) is 76.5 cm³/mol. The summed E-state index contributed by atoms with van der Waals surface area (Å²) in [7, 11) is 2.14. The molecule has 1 aromatic carbocycles. The van der Waals surface area contributed by atoms with Crippen molar-refractivity contribution in [3.05, 3.63) is 35.6 Å². The number of piperazine rings is 1. The summed E-state index contributed by atoms with van der Waals surface area (Å²) in [5.41, 5.74) is 6.71. The Bertz CT molecular complexity index is 433. The minimum atomic E-state index is -0.158. The molecule has 0 spiro atoms. The number of benzene rings is 1. The molecule has 19 heavy (non-hydrogen) atoms. The van der Waals surface area contributed by atoms with Gasteiger partial charge in [-0.15, -0.1) is 0 Å². The van der Waals surface area contributed by atoms with Crippen LogP contribution in [0.2, 0.25) is 0 Å². The van der Waals surface area contributed by atoms with E-state index in [0.29, 0.717) is 12.1 Å². The van der Waals surface area contributed by atoms with Crippen molar-refractivity contribution in [1.29, 1.82) is 0 Å². The molecule has 1 fully saturated rings. The number of hydrogen-bond acceptors (Lipinski definition) is 3. The van der Waals surface area contributed by atoms with Crippen LogP contribution >= 0.6 is 0 Å². The minimum absolute atomic E-state index is 0.0332. The van der Waals surface area contributed by atoms with Crippen molar-refractivity contribution in [2.24, 2.45) is 5.73 Å². The Balaban J connectivity index is 2.22. The lowest BCUT2D eigenvalue weighted by Gasteiger charge is -2.48. The molecular weight excluding hydrogens is 241 g/mol. The fourth-order valence-electron chi connectivity index (χ4n) is 2.76. The molecular formula is C15H24FN3. The second-order valence-corrected chi connectivity index (χ2v) is 5.98. The standard InChI is InChI=1S/C15H24FN3/c1-15(2)11-19(9-8-18(15)3)14(10-17)12-6-4-5-7-13(12)16/h4-7,14H,8-11,17H2,1-3H3. The van der Waals surface area contributed by atoms with Crippen LogP contribution in [0.25, 0.3) is 0 Å². The maximum Gasteiger partial charge on any atom is 0.128 e. The van der Waals surface area contributed by atoms with Gasteiger partial charge in [-0.2, -0.15) is 0 Å². The molecule has 0 amide bonds. The van der Waals surface area contributed by atoms with Gasteiger partial charge in [0.05, 0.1) is 6.04 Å². The maximum atomic E-state index is 14.0. The average Bonchev–Trinajstić information content (AvgIpc) is 2.36. The molecule has 4 heteroatoms. The van der Waals surface area contributed by atoms with E-state index in [1.165, 1.54) is 6.07 Å². The Hall–Kier alpha value is -0.970. The lowest BCUT2D eigenvalue weighted by atomic mass is 9.96. The second-order valence-electron chi connectivity index (χ2n) is 5.98. The molecule has 2 rings (SSSR count). The monoisotopic (exact) mass is 265 g/mol. The molecule has 1 aromatic rings. The molecule has 0 bridgehead atoms. The van der Waals surface area contributed by atoms with E-state index in [1.54, 1.807) is 6.07 Å². The Kier molecular flexibility index (Phi) is 4.23. The van der Waals surface area contributed by atoms with Crippen molar-refractivity contribution in [3.8, 4) is 0 Å². The van der Waals surface area contributed by atoms with Crippen LogP contribution in [0, 0.1) is 5.82 Å². The summed E-state index contributed by atoms with van der Waals surface area (Å²) in [6, 6.07) is 6.93. The van der Waals surface area contributed by atoms with Crippen molar-refractivity contribution in [2.75, 3.05) is 33.2 Å². The topological polar surface area (TPSA) is 32.5 Å². The van der Waals surface area contributed by atoms with Gasteiger partial charge in [0.1, 0.15) is 5.82 Å². The largest absolute Gasteiger partial charge is 0.329 e. The average molecular weight is 265 g/mol. The molecule has 1 saturated heterocycles. The summed E-state index contributed by atoms with van der Waals surface area (Å²) in [5.74, 6) is -0.158. The molecule has 0 aliphatic carbocycles. The maximum absolute atomic E-state index is 14.0. The second kappa shape index (κ2) is 5.57. The van der Waals surface area contributed by atoms with Gasteiger partial charge in [-0.25, -0.2) is 4.39 Å². The summed E-state index contributed by atoms with van der Waals surface area (Å²) in [6.07, 6.45) is 0. The van der Waals surface area contributed by atoms with Gasteiger partial charge in [0, 0.05) is 37.3 Å². The van der Waals surface area contributed by atoms with Gasteiger partial charge in [0.15, 0.2) is 0 Å². The Morgan fingerprint density at radius 1 is 1.32 bits per heavy atom. The highest BCUT2D eigenvalue weighted by molar-refractivity contribution is 5.22.